The summed E-state index contributed by atoms with van der Waals surface area (Å²) in [4.78, 5) is 24.2. The van der Waals surface area contributed by atoms with Gasteiger partial charge in [0.1, 0.15) is 17.4 Å². The first-order valence-corrected chi connectivity index (χ1v) is 10.0. The molecule has 1 aliphatic rings. The van der Waals surface area contributed by atoms with Gasteiger partial charge in [0.2, 0.25) is 11.8 Å². The molecule has 1 fully saturated rings. The predicted molar refractivity (Wildman–Crippen MR) is 109 cm³/mol. The maximum atomic E-state index is 14.4. The van der Waals surface area contributed by atoms with Gasteiger partial charge < -0.3 is 15.4 Å². The summed E-state index contributed by atoms with van der Waals surface area (Å²) in [6, 6.07) is 11.1. The number of hydrogen-bond acceptors (Lipinski definition) is 3. The van der Waals surface area contributed by atoms with Crippen molar-refractivity contribution in [1.82, 2.24) is 10.6 Å². The van der Waals surface area contributed by atoms with E-state index in [1.807, 2.05) is 0 Å². The number of carbonyl (C=O) groups excluding carboxylic acids is 2. The second-order valence-electron chi connectivity index (χ2n) is 7.65. The number of halogens is 2. The van der Waals surface area contributed by atoms with Gasteiger partial charge in [0.25, 0.3) is 0 Å². The SMILES string of the molecule is COc1ccc(C[C@@]2(CCC(=O)NCCc3ccccc3F)CCC(=O)N2)c(F)c1. The maximum Gasteiger partial charge on any atom is 0.220 e. The van der Waals surface area contributed by atoms with E-state index in [2.05, 4.69) is 10.6 Å². The number of rotatable bonds is 9. The summed E-state index contributed by atoms with van der Waals surface area (Å²) in [6.45, 7) is 0.326. The second kappa shape index (κ2) is 9.69. The van der Waals surface area contributed by atoms with E-state index in [1.54, 1.807) is 30.3 Å². The van der Waals surface area contributed by atoms with E-state index in [-0.39, 0.29) is 24.1 Å². The fourth-order valence-corrected chi connectivity index (χ4v) is 3.82. The lowest BCUT2D eigenvalue weighted by molar-refractivity contribution is -0.122. The molecule has 160 valence electrons. The molecule has 2 N–H and O–H groups in total. The normalized spacial score (nSPS) is 18.2. The first-order valence-electron chi connectivity index (χ1n) is 10.0. The van der Waals surface area contributed by atoms with E-state index < -0.39 is 11.4 Å². The van der Waals surface area contributed by atoms with Crippen molar-refractivity contribution in [3.05, 3.63) is 65.2 Å². The number of carbonyl (C=O) groups is 2. The largest absolute Gasteiger partial charge is 0.497 e. The van der Waals surface area contributed by atoms with Gasteiger partial charge in [-0.2, -0.15) is 0 Å². The molecule has 0 spiro atoms. The molecule has 2 aromatic rings. The highest BCUT2D eigenvalue weighted by molar-refractivity contribution is 5.80. The molecule has 1 heterocycles. The van der Waals surface area contributed by atoms with Gasteiger partial charge in [0, 0.05) is 31.0 Å². The predicted octanol–water partition coefficient (Wildman–Crippen LogP) is 3.30. The van der Waals surface area contributed by atoms with Crippen LogP contribution in [0.4, 0.5) is 8.78 Å². The zero-order valence-electron chi connectivity index (χ0n) is 17.0. The van der Waals surface area contributed by atoms with Gasteiger partial charge >= 0.3 is 0 Å². The van der Waals surface area contributed by atoms with Crippen LogP contribution in [0.1, 0.15) is 36.8 Å². The van der Waals surface area contributed by atoms with Crippen LogP contribution in [0.15, 0.2) is 42.5 Å². The molecule has 1 saturated heterocycles. The maximum absolute atomic E-state index is 14.4. The second-order valence-corrected chi connectivity index (χ2v) is 7.65. The monoisotopic (exact) mass is 416 g/mol. The highest BCUT2D eigenvalue weighted by Gasteiger charge is 2.38. The van der Waals surface area contributed by atoms with E-state index in [0.717, 1.165) is 0 Å². The Labute approximate surface area is 174 Å². The van der Waals surface area contributed by atoms with E-state index in [4.69, 9.17) is 4.74 Å². The van der Waals surface area contributed by atoms with Crippen molar-refractivity contribution in [2.75, 3.05) is 13.7 Å². The molecule has 1 atom stereocenters. The summed E-state index contributed by atoms with van der Waals surface area (Å²) in [5.41, 5.74) is 0.361. The van der Waals surface area contributed by atoms with Crippen LogP contribution in [-0.2, 0) is 22.4 Å². The molecule has 5 nitrogen and oxygen atoms in total. The highest BCUT2D eigenvalue weighted by atomic mass is 19.1. The molecule has 0 radical (unpaired) electrons. The molecule has 2 amide bonds. The topological polar surface area (TPSA) is 67.4 Å². The van der Waals surface area contributed by atoms with Crippen LogP contribution < -0.4 is 15.4 Å². The molecule has 0 aromatic heterocycles. The number of hydrogen-bond donors (Lipinski definition) is 2. The van der Waals surface area contributed by atoms with Crippen molar-refractivity contribution in [3.8, 4) is 5.75 Å². The molecule has 1 aliphatic heterocycles. The Hall–Kier alpha value is -2.96. The first kappa shape index (κ1) is 21.7. The molecular formula is C23H26F2N2O3. The smallest absolute Gasteiger partial charge is 0.220 e. The van der Waals surface area contributed by atoms with Gasteiger partial charge in [0.05, 0.1) is 7.11 Å². The molecule has 2 aromatic carbocycles. The van der Waals surface area contributed by atoms with Crippen molar-refractivity contribution in [2.24, 2.45) is 0 Å². The van der Waals surface area contributed by atoms with Crippen molar-refractivity contribution in [2.45, 2.75) is 44.1 Å². The van der Waals surface area contributed by atoms with E-state index in [9.17, 15) is 18.4 Å². The zero-order chi connectivity index (χ0) is 21.6. The molecule has 0 bridgehead atoms. The van der Waals surface area contributed by atoms with Crippen LogP contribution in [0.3, 0.4) is 0 Å². The van der Waals surface area contributed by atoms with Crippen molar-refractivity contribution in [3.63, 3.8) is 0 Å². The third-order valence-corrected chi connectivity index (χ3v) is 5.53. The fourth-order valence-electron chi connectivity index (χ4n) is 3.82. The highest BCUT2D eigenvalue weighted by Crippen LogP contribution is 2.31. The number of amides is 2. The van der Waals surface area contributed by atoms with Crippen molar-refractivity contribution >= 4 is 11.8 Å². The number of methoxy groups -OCH3 is 1. The Bertz CT molecular complexity index is 919. The van der Waals surface area contributed by atoms with E-state index in [0.29, 0.717) is 55.5 Å². The Morgan fingerprint density at radius 3 is 2.63 bits per heavy atom. The minimum absolute atomic E-state index is 0.0936. The minimum atomic E-state index is -0.657. The van der Waals surface area contributed by atoms with Crippen LogP contribution in [0, 0.1) is 11.6 Å². The average Bonchev–Trinajstić information content (AvgIpc) is 3.10. The Morgan fingerprint density at radius 2 is 1.97 bits per heavy atom. The average molecular weight is 416 g/mol. The summed E-state index contributed by atoms with van der Waals surface area (Å²) in [5, 5.41) is 5.74. The molecular weight excluding hydrogens is 390 g/mol. The van der Waals surface area contributed by atoms with Gasteiger partial charge in [-0.3, -0.25) is 9.59 Å². The molecule has 3 rings (SSSR count). The van der Waals surface area contributed by atoms with Crippen LogP contribution >= 0.6 is 0 Å². The standard InChI is InChI=1S/C23H26F2N2O3/c1-30-18-7-6-17(20(25)14-18)15-23(12-9-22(29)27-23)11-8-21(28)26-13-10-16-4-2-3-5-19(16)24/h2-7,14H,8-13,15H2,1H3,(H,26,28)(H,27,29)/t23-/m1/s1. The quantitative estimate of drug-likeness (QED) is 0.659. The summed E-state index contributed by atoms with van der Waals surface area (Å²) < 4.78 is 33.1. The number of nitrogens with one attached hydrogen (secondary N) is 2. The van der Waals surface area contributed by atoms with Crippen LogP contribution in [0.2, 0.25) is 0 Å². The fraction of sp³-hybridized carbons (Fsp3) is 0.391. The lowest BCUT2D eigenvalue weighted by Gasteiger charge is -2.29. The van der Waals surface area contributed by atoms with Gasteiger partial charge in [0.15, 0.2) is 0 Å². The minimum Gasteiger partial charge on any atom is -0.497 e. The van der Waals surface area contributed by atoms with Crippen molar-refractivity contribution < 1.29 is 23.1 Å². The lowest BCUT2D eigenvalue weighted by atomic mass is 9.84. The molecule has 0 aliphatic carbocycles. The Kier molecular flexibility index (Phi) is 7.03. The van der Waals surface area contributed by atoms with Crippen LogP contribution in [-0.4, -0.2) is 31.0 Å². The third-order valence-electron chi connectivity index (χ3n) is 5.53. The Balaban J connectivity index is 1.56. The van der Waals surface area contributed by atoms with Gasteiger partial charge in [-0.05, 0) is 48.9 Å². The number of ether oxygens (including phenoxy) is 1. The van der Waals surface area contributed by atoms with Crippen LogP contribution in [0.25, 0.3) is 0 Å². The molecule has 0 saturated carbocycles. The summed E-state index contributed by atoms with van der Waals surface area (Å²) >= 11 is 0. The molecule has 30 heavy (non-hydrogen) atoms. The van der Waals surface area contributed by atoms with Gasteiger partial charge in [-0.15, -0.1) is 0 Å². The first-order chi connectivity index (χ1) is 14.4. The summed E-state index contributed by atoms with van der Waals surface area (Å²) in [6.07, 6.45) is 2.19. The summed E-state index contributed by atoms with van der Waals surface area (Å²) in [5.74, 6) is -0.536. The zero-order valence-corrected chi connectivity index (χ0v) is 17.0. The lowest BCUT2D eigenvalue weighted by Crippen LogP contribution is -2.44. The van der Waals surface area contributed by atoms with E-state index in [1.165, 1.54) is 19.2 Å². The number of benzene rings is 2. The van der Waals surface area contributed by atoms with Gasteiger partial charge in [-0.25, -0.2) is 8.78 Å². The molecule has 0 unspecified atom stereocenters. The third kappa shape index (κ3) is 5.55. The van der Waals surface area contributed by atoms with Gasteiger partial charge in [-0.1, -0.05) is 24.3 Å². The Morgan fingerprint density at radius 1 is 1.17 bits per heavy atom. The van der Waals surface area contributed by atoms with Crippen LogP contribution in [0.5, 0.6) is 5.75 Å². The van der Waals surface area contributed by atoms with E-state index >= 15 is 0 Å². The van der Waals surface area contributed by atoms with Crippen molar-refractivity contribution in [1.29, 1.82) is 0 Å². The summed E-state index contributed by atoms with van der Waals surface area (Å²) in [7, 11) is 1.47. The molecule has 7 heteroatoms.